The highest BCUT2D eigenvalue weighted by atomic mass is 19.2. The Hall–Kier alpha value is -2.30. The largest absolute Gasteiger partial charge is 0.491 e. The van der Waals surface area contributed by atoms with Crippen molar-refractivity contribution in [1.82, 2.24) is 0 Å². The smallest absolute Gasteiger partial charge is 0.201 e. The van der Waals surface area contributed by atoms with E-state index in [1.54, 1.807) is 25.1 Å². The highest BCUT2D eigenvalue weighted by Gasteiger charge is 2.17. The summed E-state index contributed by atoms with van der Waals surface area (Å²) in [5.41, 5.74) is 0.374. The lowest BCUT2D eigenvalue weighted by molar-refractivity contribution is 0.314. The number of allylic oxidation sites excluding steroid dienone is 1. The predicted octanol–water partition coefficient (Wildman–Crippen LogP) is 5.93. The van der Waals surface area contributed by atoms with E-state index in [-0.39, 0.29) is 23.5 Å². The number of hydrogen-bond acceptors (Lipinski definition) is 1. The monoisotopic (exact) mass is 338 g/mol. The molecular formula is C19H18F4O. The lowest BCUT2D eigenvalue weighted by Crippen LogP contribution is -1.99. The zero-order valence-electron chi connectivity index (χ0n) is 13.3. The molecule has 0 unspecified atom stereocenters. The van der Waals surface area contributed by atoms with E-state index in [0.717, 1.165) is 0 Å². The Kier molecular flexibility index (Phi) is 6.41. The van der Waals surface area contributed by atoms with E-state index in [1.165, 1.54) is 24.3 Å². The minimum atomic E-state index is -1.15. The van der Waals surface area contributed by atoms with Gasteiger partial charge in [-0.15, -0.1) is 0 Å². The zero-order chi connectivity index (χ0) is 17.5. The van der Waals surface area contributed by atoms with E-state index in [4.69, 9.17) is 4.74 Å². The van der Waals surface area contributed by atoms with Crippen LogP contribution in [0.3, 0.4) is 0 Å². The molecule has 0 atom stereocenters. The molecule has 0 aromatic heterocycles. The van der Waals surface area contributed by atoms with E-state index in [2.05, 4.69) is 0 Å². The quantitative estimate of drug-likeness (QED) is 0.449. The molecule has 0 amide bonds. The summed E-state index contributed by atoms with van der Waals surface area (Å²) in [6, 6.07) is 6.79. The molecule has 0 N–H and O–H groups in total. The van der Waals surface area contributed by atoms with Crippen LogP contribution in [0.5, 0.6) is 5.75 Å². The number of unbranched alkanes of at least 4 members (excludes halogenated alkanes) is 1. The van der Waals surface area contributed by atoms with Crippen LogP contribution in [-0.4, -0.2) is 13.3 Å². The van der Waals surface area contributed by atoms with Crippen molar-refractivity contribution in [2.24, 2.45) is 0 Å². The number of benzene rings is 2. The van der Waals surface area contributed by atoms with Gasteiger partial charge < -0.3 is 4.74 Å². The predicted molar refractivity (Wildman–Crippen MR) is 87.2 cm³/mol. The van der Waals surface area contributed by atoms with Crippen LogP contribution in [0.15, 0.2) is 36.4 Å². The molecule has 0 aliphatic heterocycles. The van der Waals surface area contributed by atoms with Gasteiger partial charge in [0.15, 0.2) is 11.6 Å². The lowest BCUT2D eigenvalue weighted by atomic mass is 10.0. The molecule has 1 nitrogen and oxygen atoms in total. The lowest BCUT2D eigenvalue weighted by Gasteiger charge is -2.10. The Morgan fingerprint density at radius 1 is 1.00 bits per heavy atom. The van der Waals surface area contributed by atoms with Crippen LogP contribution in [0.2, 0.25) is 0 Å². The molecule has 5 heteroatoms. The SMILES string of the molecule is CCOc1ccc(-c2ccc(/C=C/CCCF)cc2F)c(F)c1F. The maximum absolute atomic E-state index is 14.3. The molecule has 24 heavy (non-hydrogen) atoms. The Bertz CT molecular complexity index is 726. The van der Waals surface area contributed by atoms with E-state index in [0.29, 0.717) is 18.4 Å². The van der Waals surface area contributed by atoms with E-state index in [1.807, 2.05) is 0 Å². The van der Waals surface area contributed by atoms with Gasteiger partial charge in [-0.3, -0.25) is 4.39 Å². The van der Waals surface area contributed by atoms with Gasteiger partial charge in [0, 0.05) is 11.1 Å². The number of hydrogen-bond donors (Lipinski definition) is 0. The van der Waals surface area contributed by atoms with E-state index in [9.17, 15) is 17.6 Å². The van der Waals surface area contributed by atoms with Gasteiger partial charge in [-0.1, -0.05) is 24.3 Å². The van der Waals surface area contributed by atoms with Gasteiger partial charge in [0.05, 0.1) is 13.3 Å². The molecule has 2 aromatic rings. The van der Waals surface area contributed by atoms with Gasteiger partial charge in [-0.25, -0.2) is 8.78 Å². The van der Waals surface area contributed by atoms with Crippen molar-refractivity contribution in [3.05, 3.63) is 59.4 Å². The zero-order valence-corrected chi connectivity index (χ0v) is 13.3. The maximum atomic E-state index is 14.3. The van der Waals surface area contributed by atoms with Crippen LogP contribution < -0.4 is 4.74 Å². The van der Waals surface area contributed by atoms with Crippen LogP contribution in [0.4, 0.5) is 17.6 Å². The fourth-order valence-corrected chi connectivity index (χ4v) is 2.27. The molecule has 0 bridgehead atoms. The molecule has 2 rings (SSSR count). The molecule has 0 radical (unpaired) electrons. The first-order valence-corrected chi connectivity index (χ1v) is 7.71. The molecular weight excluding hydrogens is 320 g/mol. The normalized spacial score (nSPS) is 11.2. The third-order valence-electron chi connectivity index (χ3n) is 3.44. The van der Waals surface area contributed by atoms with Gasteiger partial charge in [0.1, 0.15) is 5.82 Å². The molecule has 0 spiro atoms. The summed E-state index contributed by atoms with van der Waals surface area (Å²) in [5.74, 6) is -3.15. The first kappa shape index (κ1) is 18.0. The van der Waals surface area contributed by atoms with Crippen LogP contribution in [-0.2, 0) is 0 Å². The van der Waals surface area contributed by atoms with Crippen molar-refractivity contribution < 1.29 is 22.3 Å². The van der Waals surface area contributed by atoms with Crippen LogP contribution >= 0.6 is 0 Å². The standard InChI is InChI=1S/C19H18F4O/c1-2-24-17-10-9-15(18(22)19(17)23)14-8-7-13(12-16(14)21)6-4-3-5-11-20/h4,6-10,12H,2-3,5,11H2,1H3/b6-4+. The number of halogens is 4. The van der Waals surface area contributed by atoms with Crippen molar-refractivity contribution in [3.8, 4) is 16.9 Å². The fraction of sp³-hybridized carbons (Fsp3) is 0.263. The van der Waals surface area contributed by atoms with E-state index >= 15 is 0 Å². The van der Waals surface area contributed by atoms with Gasteiger partial charge >= 0.3 is 0 Å². The third kappa shape index (κ3) is 4.16. The minimum absolute atomic E-state index is 0.0321. The second-order valence-electron chi connectivity index (χ2n) is 5.15. The Balaban J connectivity index is 2.30. The first-order valence-electron chi connectivity index (χ1n) is 7.71. The number of alkyl halides is 1. The molecule has 0 fully saturated rings. The third-order valence-corrected chi connectivity index (χ3v) is 3.44. The molecule has 0 aliphatic rings. The summed E-state index contributed by atoms with van der Waals surface area (Å²) in [6.45, 7) is 1.46. The summed E-state index contributed by atoms with van der Waals surface area (Å²) in [4.78, 5) is 0. The second kappa shape index (κ2) is 8.52. The van der Waals surface area contributed by atoms with Crippen molar-refractivity contribution in [1.29, 1.82) is 0 Å². The molecule has 0 aliphatic carbocycles. The Morgan fingerprint density at radius 2 is 1.75 bits per heavy atom. The van der Waals surface area contributed by atoms with Gasteiger partial charge in [-0.2, -0.15) is 4.39 Å². The summed E-state index contributed by atoms with van der Waals surface area (Å²) in [5, 5.41) is 0. The average molecular weight is 338 g/mol. The summed E-state index contributed by atoms with van der Waals surface area (Å²) < 4.78 is 59.3. The van der Waals surface area contributed by atoms with Crippen LogP contribution in [0.25, 0.3) is 17.2 Å². The highest BCUT2D eigenvalue weighted by Crippen LogP contribution is 2.31. The van der Waals surface area contributed by atoms with Gasteiger partial charge in [-0.05, 0) is 43.5 Å². The van der Waals surface area contributed by atoms with Gasteiger partial charge in [0.25, 0.3) is 0 Å². The van der Waals surface area contributed by atoms with Crippen molar-refractivity contribution in [2.75, 3.05) is 13.3 Å². The van der Waals surface area contributed by atoms with Gasteiger partial charge in [0.2, 0.25) is 5.82 Å². The molecule has 0 saturated carbocycles. The molecule has 0 saturated heterocycles. The number of ether oxygens (including phenoxy) is 1. The maximum Gasteiger partial charge on any atom is 0.201 e. The number of rotatable bonds is 7. The Labute approximate surface area is 138 Å². The molecule has 128 valence electrons. The van der Waals surface area contributed by atoms with Crippen molar-refractivity contribution in [3.63, 3.8) is 0 Å². The summed E-state index contributed by atoms with van der Waals surface area (Å²) >= 11 is 0. The van der Waals surface area contributed by atoms with Crippen molar-refractivity contribution >= 4 is 6.08 Å². The summed E-state index contributed by atoms with van der Waals surface area (Å²) in [6.07, 6.45) is 4.37. The van der Waals surface area contributed by atoms with E-state index < -0.39 is 24.1 Å². The summed E-state index contributed by atoms with van der Waals surface area (Å²) in [7, 11) is 0. The Morgan fingerprint density at radius 3 is 2.42 bits per heavy atom. The van der Waals surface area contributed by atoms with Crippen LogP contribution in [0.1, 0.15) is 25.3 Å². The molecule has 2 aromatic carbocycles. The second-order valence-corrected chi connectivity index (χ2v) is 5.15. The highest BCUT2D eigenvalue weighted by molar-refractivity contribution is 5.68. The van der Waals surface area contributed by atoms with Crippen molar-refractivity contribution in [2.45, 2.75) is 19.8 Å². The average Bonchev–Trinajstić information content (AvgIpc) is 2.57. The molecule has 0 heterocycles. The minimum Gasteiger partial charge on any atom is -0.491 e. The van der Waals surface area contributed by atoms with Crippen LogP contribution in [0, 0.1) is 17.5 Å². The first-order chi connectivity index (χ1) is 11.6. The fourth-order valence-electron chi connectivity index (χ4n) is 2.27. The topological polar surface area (TPSA) is 9.23 Å².